The van der Waals surface area contributed by atoms with Crippen LogP contribution in [-0.4, -0.2) is 39.3 Å². The molecule has 0 fully saturated rings. The Hall–Kier alpha value is -0.120. The largest absolute Gasteiger partial charge is 0.320 e. The van der Waals surface area contributed by atoms with Gasteiger partial charge in [0.25, 0.3) is 0 Å². The Morgan fingerprint density at radius 2 is 1.44 bits per heavy atom. The van der Waals surface area contributed by atoms with Crippen LogP contribution >= 0.6 is 0 Å². The first-order valence-electron chi connectivity index (χ1n) is 7.29. The lowest BCUT2D eigenvalue weighted by molar-refractivity contribution is 0.469. The highest BCUT2D eigenvalue weighted by atomic mass is 14.9. The van der Waals surface area contributed by atoms with Gasteiger partial charge in [-0.3, -0.25) is 0 Å². The molecule has 1 atom stereocenters. The van der Waals surface area contributed by atoms with Gasteiger partial charge in [0.1, 0.15) is 0 Å². The third-order valence-corrected chi connectivity index (χ3v) is 2.64. The molecule has 114 valence electrons. The first-order chi connectivity index (χ1) is 8.28. The van der Waals surface area contributed by atoms with Gasteiger partial charge in [-0.05, 0) is 68.2 Å². The third kappa shape index (κ3) is 36.0. The van der Waals surface area contributed by atoms with Crippen molar-refractivity contribution in [2.24, 2.45) is 0 Å². The van der Waals surface area contributed by atoms with Crippen molar-refractivity contribution in [2.75, 3.05) is 27.7 Å². The molecule has 0 aliphatic heterocycles. The number of hydrogen-bond donors (Lipinski definition) is 3. The lowest BCUT2D eigenvalue weighted by Gasteiger charge is -2.15. The molecule has 0 amide bonds. The van der Waals surface area contributed by atoms with Crippen molar-refractivity contribution >= 4 is 0 Å². The minimum atomic E-state index is 0.292. The van der Waals surface area contributed by atoms with E-state index in [4.69, 9.17) is 0 Å². The maximum absolute atomic E-state index is 3.11. The molecule has 0 saturated carbocycles. The number of nitrogens with one attached hydrogen (secondary N) is 3. The lowest BCUT2D eigenvalue weighted by Crippen LogP contribution is -2.31. The van der Waals surface area contributed by atoms with Gasteiger partial charge >= 0.3 is 0 Å². The van der Waals surface area contributed by atoms with Crippen LogP contribution in [0.25, 0.3) is 0 Å². The molecule has 0 aromatic rings. The molecule has 0 bridgehead atoms. The van der Waals surface area contributed by atoms with Crippen LogP contribution in [0.4, 0.5) is 0 Å². The van der Waals surface area contributed by atoms with Gasteiger partial charge in [0.15, 0.2) is 0 Å². The van der Waals surface area contributed by atoms with Crippen LogP contribution in [0.3, 0.4) is 0 Å². The quantitative estimate of drug-likeness (QED) is 0.666. The molecule has 3 heteroatoms. The molecule has 0 saturated heterocycles. The molecular formula is C15H39N3. The van der Waals surface area contributed by atoms with Crippen molar-refractivity contribution in [3.8, 4) is 0 Å². The molecule has 3 nitrogen and oxygen atoms in total. The van der Waals surface area contributed by atoms with E-state index in [0.717, 1.165) is 6.54 Å². The summed E-state index contributed by atoms with van der Waals surface area (Å²) in [5.41, 5.74) is 0.292. The number of rotatable bonds is 5. The second-order valence-corrected chi connectivity index (χ2v) is 5.56. The minimum absolute atomic E-state index is 0.292. The Bertz CT molecular complexity index is 122. The van der Waals surface area contributed by atoms with E-state index in [2.05, 4.69) is 57.5 Å². The second-order valence-electron chi connectivity index (χ2n) is 5.56. The van der Waals surface area contributed by atoms with Gasteiger partial charge in [0.2, 0.25) is 0 Å². The van der Waals surface area contributed by atoms with Crippen LogP contribution in [0.5, 0.6) is 0 Å². The van der Waals surface area contributed by atoms with Crippen molar-refractivity contribution in [1.82, 2.24) is 16.0 Å². The standard InChI is InChI=1S/3C5H13N/c1-5(2,3)6-4;1-4-5(2)6-3;1-3-4-5-6-2/h6H,1-4H3;5-6H,4H2,1-3H3;6H,3-5H2,1-2H3. The lowest BCUT2D eigenvalue weighted by atomic mass is 10.1. The Balaban J connectivity index is -0.000000187. The Morgan fingerprint density at radius 3 is 1.50 bits per heavy atom. The molecule has 18 heavy (non-hydrogen) atoms. The molecule has 0 spiro atoms. The normalized spacial score (nSPS) is 11.8. The highest BCUT2D eigenvalue weighted by molar-refractivity contribution is 4.65. The van der Waals surface area contributed by atoms with Crippen LogP contribution in [0.15, 0.2) is 0 Å². The van der Waals surface area contributed by atoms with Crippen LogP contribution in [0, 0.1) is 0 Å². The summed E-state index contributed by atoms with van der Waals surface area (Å²) in [6.07, 6.45) is 3.81. The van der Waals surface area contributed by atoms with Gasteiger partial charge in [-0.1, -0.05) is 20.3 Å². The van der Waals surface area contributed by atoms with Gasteiger partial charge in [0.05, 0.1) is 0 Å². The molecule has 0 aromatic carbocycles. The summed E-state index contributed by atoms with van der Waals surface area (Å²) in [6, 6.07) is 0.685. The molecule has 1 unspecified atom stereocenters. The van der Waals surface area contributed by atoms with E-state index in [-0.39, 0.29) is 0 Å². The zero-order chi connectivity index (χ0) is 15.0. The van der Waals surface area contributed by atoms with E-state index >= 15 is 0 Å². The van der Waals surface area contributed by atoms with Gasteiger partial charge in [-0.2, -0.15) is 0 Å². The van der Waals surface area contributed by atoms with Crippen molar-refractivity contribution in [1.29, 1.82) is 0 Å². The van der Waals surface area contributed by atoms with E-state index in [1.54, 1.807) is 0 Å². The van der Waals surface area contributed by atoms with Gasteiger partial charge in [0, 0.05) is 11.6 Å². The molecule has 0 rings (SSSR count). The summed E-state index contributed by atoms with van der Waals surface area (Å²) in [4.78, 5) is 0. The predicted molar refractivity (Wildman–Crippen MR) is 86.5 cm³/mol. The Labute approximate surface area is 117 Å². The smallest absolute Gasteiger partial charge is 0.00935 e. The summed E-state index contributed by atoms with van der Waals surface area (Å²) in [6.45, 7) is 14.1. The predicted octanol–water partition coefficient (Wildman–Crippen LogP) is 3.01. The maximum Gasteiger partial charge on any atom is 0.00935 e. The van der Waals surface area contributed by atoms with Crippen LogP contribution < -0.4 is 16.0 Å². The second kappa shape index (κ2) is 16.9. The fourth-order valence-electron chi connectivity index (χ4n) is 0.558. The zero-order valence-electron chi connectivity index (χ0n) is 14.4. The first-order valence-corrected chi connectivity index (χ1v) is 7.29. The van der Waals surface area contributed by atoms with Crippen molar-refractivity contribution in [3.63, 3.8) is 0 Å². The monoisotopic (exact) mass is 261 g/mol. The Kier molecular flexibility index (Phi) is 21.6. The SMILES string of the molecule is CCC(C)NC.CCCCNC.CNC(C)(C)C. The summed E-state index contributed by atoms with van der Waals surface area (Å²) < 4.78 is 0. The molecule has 0 heterocycles. The summed E-state index contributed by atoms with van der Waals surface area (Å²) in [5.74, 6) is 0. The van der Waals surface area contributed by atoms with Gasteiger partial charge in [-0.25, -0.2) is 0 Å². The van der Waals surface area contributed by atoms with E-state index in [9.17, 15) is 0 Å². The van der Waals surface area contributed by atoms with Gasteiger partial charge in [-0.15, -0.1) is 0 Å². The Morgan fingerprint density at radius 1 is 1.00 bits per heavy atom. The van der Waals surface area contributed by atoms with E-state index < -0.39 is 0 Å². The fraction of sp³-hybridized carbons (Fsp3) is 1.00. The van der Waals surface area contributed by atoms with Gasteiger partial charge < -0.3 is 16.0 Å². The fourth-order valence-corrected chi connectivity index (χ4v) is 0.558. The molecule has 0 radical (unpaired) electrons. The van der Waals surface area contributed by atoms with Crippen LogP contribution in [0.1, 0.15) is 60.8 Å². The number of unbranched alkanes of at least 4 members (excludes halogenated alkanes) is 1. The molecule has 0 aliphatic rings. The van der Waals surface area contributed by atoms with Crippen molar-refractivity contribution in [2.45, 2.75) is 72.4 Å². The van der Waals surface area contributed by atoms with E-state index in [0.29, 0.717) is 11.6 Å². The van der Waals surface area contributed by atoms with Crippen LogP contribution in [0.2, 0.25) is 0 Å². The molecular weight excluding hydrogens is 222 g/mol. The third-order valence-electron chi connectivity index (χ3n) is 2.64. The minimum Gasteiger partial charge on any atom is -0.320 e. The maximum atomic E-state index is 3.11. The van der Waals surface area contributed by atoms with Crippen molar-refractivity contribution in [3.05, 3.63) is 0 Å². The highest BCUT2D eigenvalue weighted by Crippen LogP contribution is 1.93. The van der Waals surface area contributed by atoms with E-state index in [1.165, 1.54) is 19.3 Å². The number of hydrogen-bond acceptors (Lipinski definition) is 3. The first kappa shape index (κ1) is 23.0. The topological polar surface area (TPSA) is 36.1 Å². The average Bonchev–Trinajstić information content (AvgIpc) is 2.35. The van der Waals surface area contributed by atoms with E-state index in [1.807, 2.05) is 21.1 Å². The molecule has 0 aliphatic carbocycles. The average molecular weight is 261 g/mol. The van der Waals surface area contributed by atoms with Crippen LogP contribution in [-0.2, 0) is 0 Å². The summed E-state index contributed by atoms with van der Waals surface area (Å²) >= 11 is 0. The van der Waals surface area contributed by atoms with Crippen molar-refractivity contribution < 1.29 is 0 Å². The molecule has 3 N–H and O–H groups in total. The molecule has 0 aromatic heterocycles. The highest BCUT2D eigenvalue weighted by Gasteiger charge is 2.01. The summed E-state index contributed by atoms with van der Waals surface area (Å²) in [5, 5.41) is 9.29. The zero-order valence-corrected chi connectivity index (χ0v) is 14.4. The summed E-state index contributed by atoms with van der Waals surface area (Å²) in [7, 11) is 5.92.